The maximum atomic E-state index is 12.4. The molecular weight excluding hydrogens is 352 g/mol. The zero-order chi connectivity index (χ0) is 19.3. The molecule has 1 saturated heterocycles. The van der Waals surface area contributed by atoms with Crippen LogP contribution in [0.25, 0.3) is 5.82 Å². The van der Waals surface area contributed by atoms with E-state index >= 15 is 0 Å². The molecule has 2 aromatic rings. The molecule has 2 aliphatic rings. The Morgan fingerprint density at radius 1 is 1.14 bits per heavy atom. The summed E-state index contributed by atoms with van der Waals surface area (Å²) in [5.41, 5.74) is 1.72. The zero-order valence-electron chi connectivity index (χ0n) is 16.7. The first-order valence-corrected chi connectivity index (χ1v) is 10.6. The summed E-state index contributed by atoms with van der Waals surface area (Å²) in [7, 11) is 0. The monoisotopic (exact) mass is 382 g/mol. The topological polar surface area (TPSA) is 75.9 Å². The van der Waals surface area contributed by atoms with Crippen LogP contribution in [0.4, 0.5) is 11.4 Å². The number of nitrogens with zero attached hydrogens (tertiary/aromatic N) is 5. The van der Waals surface area contributed by atoms with Crippen LogP contribution in [0, 0.1) is 11.8 Å². The Morgan fingerprint density at radius 3 is 2.71 bits per heavy atom. The molecule has 7 nitrogen and oxygen atoms in total. The average Bonchev–Trinajstić information content (AvgIpc) is 3.17. The molecule has 3 heterocycles. The maximum Gasteiger partial charge on any atom is 0.224 e. The second kappa shape index (κ2) is 8.71. The lowest BCUT2D eigenvalue weighted by Crippen LogP contribution is -2.33. The average molecular weight is 383 g/mol. The lowest BCUT2D eigenvalue weighted by Gasteiger charge is -2.32. The number of carbonyl (C=O) groups is 1. The number of aromatic nitrogens is 4. The number of amides is 1. The summed E-state index contributed by atoms with van der Waals surface area (Å²) in [4.78, 5) is 23.4. The van der Waals surface area contributed by atoms with Gasteiger partial charge in [0.25, 0.3) is 0 Å². The number of nitrogens with one attached hydrogen (secondary N) is 1. The SMILES string of the molecule is CC1CCN(c2cncnc2-n2cc(NC(=O)CC3CCCCC3)cn2)CC1. The van der Waals surface area contributed by atoms with Gasteiger partial charge in [0.1, 0.15) is 12.0 Å². The highest BCUT2D eigenvalue weighted by Crippen LogP contribution is 2.28. The largest absolute Gasteiger partial charge is 0.367 e. The van der Waals surface area contributed by atoms with E-state index in [2.05, 4.69) is 32.2 Å². The van der Waals surface area contributed by atoms with E-state index in [1.165, 1.54) is 44.9 Å². The summed E-state index contributed by atoms with van der Waals surface area (Å²) < 4.78 is 1.74. The molecule has 1 saturated carbocycles. The minimum atomic E-state index is 0.0828. The molecule has 0 atom stereocenters. The van der Waals surface area contributed by atoms with Gasteiger partial charge in [0, 0.05) is 19.5 Å². The van der Waals surface area contributed by atoms with Gasteiger partial charge in [-0.3, -0.25) is 4.79 Å². The molecule has 0 bridgehead atoms. The molecule has 28 heavy (non-hydrogen) atoms. The third-order valence-electron chi connectivity index (χ3n) is 6.08. The quantitative estimate of drug-likeness (QED) is 0.851. The van der Waals surface area contributed by atoms with Gasteiger partial charge in [-0.2, -0.15) is 5.10 Å². The second-order valence-corrected chi connectivity index (χ2v) is 8.33. The summed E-state index contributed by atoms with van der Waals surface area (Å²) in [5.74, 6) is 2.13. The third-order valence-corrected chi connectivity index (χ3v) is 6.08. The van der Waals surface area contributed by atoms with Crippen LogP contribution in [-0.4, -0.2) is 38.7 Å². The molecular formula is C21H30N6O. The predicted molar refractivity (Wildman–Crippen MR) is 110 cm³/mol. The normalized spacial score (nSPS) is 19.0. The van der Waals surface area contributed by atoms with Gasteiger partial charge in [0.15, 0.2) is 5.82 Å². The smallest absolute Gasteiger partial charge is 0.224 e. The minimum Gasteiger partial charge on any atom is -0.367 e. The van der Waals surface area contributed by atoms with E-state index in [-0.39, 0.29) is 5.91 Å². The Morgan fingerprint density at radius 2 is 1.93 bits per heavy atom. The van der Waals surface area contributed by atoms with Gasteiger partial charge in [-0.25, -0.2) is 14.6 Å². The van der Waals surface area contributed by atoms with Crippen LogP contribution in [-0.2, 0) is 4.79 Å². The number of piperidine rings is 1. The van der Waals surface area contributed by atoms with Crippen molar-refractivity contribution >= 4 is 17.3 Å². The Labute approximate surface area is 166 Å². The number of carbonyl (C=O) groups excluding carboxylic acids is 1. The first-order chi connectivity index (χ1) is 13.7. The number of anilines is 2. The van der Waals surface area contributed by atoms with Crippen molar-refractivity contribution < 1.29 is 4.79 Å². The molecule has 2 fully saturated rings. The van der Waals surface area contributed by atoms with Gasteiger partial charge in [0.05, 0.1) is 24.3 Å². The van der Waals surface area contributed by atoms with Crippen LogP contribution < -0.4 is 10.2 Å². The predicted octanol–water partition coefficient (Wildman–Crippen LogP) is 3.81. The van der Waals surface area contributed by atoms with Crippen molar-refractivity contribution in [2.45, 2.75) is 58.3 Å². The Balaban J connectivity index is 1.43. The standard InChI is InChI=1S/C21H30N6O/c1-16-7-9-26(10-8-16)19-13-22-15-23-21(19)27-14-18(12-24-27)25-20(28)11-17-5-3-2-4-6-17/h12-17H,2-11H2,1H3,(H,25,28). The van der Waals surface area contributed by atoms with Gasteiger partial charge in [0.2, 0.25) is 5.91 Å². The summed E-state index contributed by atoms with van der Waals surface area (Å²) in [5, 5.41) is 7.45. The fourth-order valence-corrected chi connectivity index (χ4v) is 4.33. The molecule has 7 heteroatoms. The van der Waals surface area contributed by atoms with Crippen molar-refractivity contribution in [2.75, 3.05) is 23.3 Å². The second-order valence-electron chi connectivity index (χ2n) is 8.33. The molecule has 0 radical (unpaired) electrons. The van der Waals surface area contributed by atoms with Crippen molar-refractivity contribution in [1.82, 2.24) is 19.7 Å². The molecule has 0 spiro atoms. The van der Waals surface area contributed by atoms with Crippen LogP contribution in [0.3, 0.4) is 0 Å². The van der Waals surface area contributed by atoms with Gasteiger partial charge >= 0.3 is 0 Å². The van der Waals surface area contributed by atoms with Crippen LogP contribution in [0.1, 0.15) is 58.3 Å². The van der Waals surface area contributed by atoms with Crippen molar-refractivity contribution in [1.29, 1.82) is 0 Å². The molecule has 150 valence electrons. The molecule has 1 aliphatic carbocycles. The van der Waals surface area contributed by atoms with E-state index in [1.807, 2.05) is 12.4 Å². The molecule has 0 aromatic carbocycles. The summed E-state index contributed by atoms with van der Waals surface area (Å²) >= 11 is 0. The highest BCUT2D eigenvalue weighted by atomic mass is 16.1. The third kappa shape index (κ3) is 4.51. The molecule has 1 aliphatic heterocycles. The molecule has 1 N–H and O–H groups in total. The summed E-state index contributed by atoms with van der Waals surface area (Å²) in [6.07, 6.45) is 16.1. The van der Waals surface area contributed by atoms with E-state index < -0.39 is 0 Å². The Kier molecular flexibility index (Phi) is 5.88. The van der Waals surface area contributed by atoms with Crippen LogP contribution in [0.15, 0.2) is 24.9 Å². The fourth-order valence-electron chi connectivity index (χ4n) is 4.33. The van der Waals surface area contributed by atoms with Crippen LogP contribution in [0.2, 0.25) is 0 Å². The Bertz CT molecular complexity index is 790. The number of rotatable bonds is 5. The number of hydrogen-bond donors (Lipinski definition) is 1. The lowest BCUT2D eigenvalue weighted by molar-refractivity contribution is -0.117. The van der Waals surface area contributed by atoms with Gasteiger partial charge < -0.3 is 10.2 Å². The minimum absolute atomic E-state index is 0.0828. The van der Waals surface area contributed by atoms with E-state index in [4.69, 9.17) is 0 Å². The fraction of sp³-hybridized carbons (Fsp3) is 0.619. The van der Waals surface area contributed by atoms with Gasteiger partial charge in [-0.05, 0) is 37.5 Å². The van der Waals surface area contributed by atoms with E-state index in [9.17, 15) is 4.79 Å². The van der Waals surface area contributed by atoms with Crippen molar-refractivity contribution in [3.63, 3.8) is 0 Å². The van der Waals surface area contributed by atoms with E-state index in [1.54, 1.807) is 17.2 Å². The molecule has 1 amide bonds. The Hall–Kier alpha value is -2.44. The number of hydrogen-bond acceptors (Lipinski definition) is 5. The van der Waals surface area contributed by atoms with Crippen molar-refractivity contribution in [3.8, 4) is 5.82 Å². The van der Waals surface area contributed by atoms with E-state index in [0.717, 1.165) is 36.2 Å². The molecule has 0 unspecified atom stereocenters. The highest BCUT2D eigenvalue weighted by Gasteiger charge is 2.21. The van der Waals surface area contributed by atoms with Crippen LogP contribution in [0.5, 0.6) is 0 Å². The van der Waals surface area contributed by atoms with Crippen LogP contribution >= 0.6 is 0 Å². The highest BCUT2D eigenvalue weighted by molar-refractivity contribution is 5.90. The van der Waals surface area contributed by atoms with Gasteiger partial charge in [-0.15, -0.1) is 0 Å². The zero-order valence-corrected chi connectivity index (χ0v) is 16.7. The molecule has 4 rings (SSSR count). The van der Waals surface area contributed by atoms with Crippen molar-refractivity contribution in [3.05, 3.63) is 24.9 Å². The summed E-state index contributed by atoms with van der Waals surface area (Å²) in [6, 6.07) is 0. The lowest BCUT2D eigenvalue weighted by atomic mass is 9.87. The first-order valence-electron chi connectivity index (χ1n) is 10.6. The van der Waals surface area contributed by atoms with Crippen molar-refractivity contribution in [2.24, 2.45) is 11.8 Å². The first kappa shape index (κ1) is 18.9. The maximum absolute atomic E-state index is 12.4. The van der Waals surface area contributed by atoms with E-state index in [0.29, 0.717) is 12.3 Å². The van der Waals surface area contributed by atoms with Gasteiger partial charge in [-0.1, -0.05) is 26.2 Å². The summed E-state index contributed by atoms with van der Waals surface area (Å²) in [6.45, 7) is 4.32. The molecule has 2 aromatic heterocycles.